The predicted molar refractivity (Wildman–Crippen MR) is 155 cm³/mol. The largest absolute Gasteiger partial charge is 1.00 e. The number of aliphatic hydroxyl groups is 2. The zero-order chi connectivity index (χ0) is 30.4. The lowest BCUT2D eigenvalue weighted by Crippen LogP contribution is -3.16. The highest BCUT2D eigenvalue weighted by molar-refractivity contribution is 7.87. The first-order chi connectivity index (χ1) is 19.7. The molecule has 0 radical (unpaired) electrons. The number of quaternary nitrogens is 2. The maximum atomic E-state index is 12.3. The van der Waals surface area contributed by atoms with E-state index < -0.39 is 20.2 Å². The van der Waals surface area contributed by atoms with Crippen LogP contribution in [-0.2, 0) is 28.6 Å². The maximum absolute atomic E-state index is 12.3. The fraction of sp³-hybridized carbons (Fsp3) is 0.600. The lowest BCUT2D eigenvalue weighted by atomic mass is 10.0. The second-order valence-electron chi connectivity index (χ2n) is 12.6. The Morgan fingerprint density at radius 1 is 0.591 bits per heavy atom. The van der Waals surface area contributed by atoms with E-state index in [4.69, 9.17) is 8.37 Å². The zero-order valence-electron chi connectivity index (χ0n) is 25.4. The molecule has 4 fully saturated rings. The van der Waals surface area contributed by atoms with Crippen LogP contribution in [0.1, 0.15) is 49.7 Å². The van der Waals surface area contributed by atoms with Gasteiger partial charge in [-0.25, -0.2) is 0 Å². The van der Waals surface area contributed by atoms with Crippen LogP contribution in [0.3, 0.4) is 0 Å². The van der Waals surface area contributed by atoms with Crippen molar-refractivity contribution in [3.05, 3.63) is 59.7 Å². The smallest absolute Gasteiger partial charge is 0.297 e. The summed E-state index contributed by atoms with van der Waals surface area (Å²) in [7, 11) is -3.31. The summed E-state index contributed by atoms with van der Waals surface area (Å²) in [6, 6.07) is 14.1. The van der Waals surface area contributed by atoms with E-state index in [2.05, 4.69) is 14.1 Å². The maximum Gasteiger partial charge on any atom is 0.297 e. The normalized spacial score (nSPS) is 34.2. The monoisotopic (exact) mass is 694 g/mol. The van der Waals surface area contributed by atoms with Gasteiger partial charge in [-0.15, -0.1) is 0 Å². The number of halogens is 2. The van der Waals surface area contributed by atoms with Crippen molar-refractivity contribution in [2.75, 3.05) is 14.1 Å². The van der Waals surface area contributed by atoms with Crippen LogP contribution in [0, 0.1) is 13.8 Å². The Bertz CT molecular complexity index is 1350. The SMILES string of the molecule is Cc1ccc(S(=O)(=O)O[C@H]2C[C@H]3C[C@H](O)[C@@H](C2)[NH+]3C)cc1.Cc1ccc(S(=O)(=O)O[C@H]2C[C@H]3C[C@H](O)[C@@H](C2)[NH+]3C)cc1.[Cl-].[Cl-]. The van der Waals surface area contributed by atoms with E-state index in [0.717, 1.165) is 24.0 Å². The number of nitrogens with one attached hydrogen (secondary N) is 2. The van der Waals surface area contributed by atoms with Crippen LogP contribution in [0.5, 0.6) is 0 Å². The molecular formula is C30H44Cl2N2O8S2. The first-order valence-electron chi connectivity index (χ1n) is 14.8. The molecule has 0 amide bonds. The van der Waals surface area contributed by atoms with Crippen LogP contribution in [0.15, 0.2) is 58.3 Å². The van der Waals surface area contributed by atoms with Gasteiger partial charge in [0.2, 0.25) is 0 Å². The molecular weight excluding hydrogens is 651 g/mol. The molecule has 4 heterocycles. The standard InChI is InChI=1S/2C15H21NO4S.2ClH/c2*1-10-3-5-13(6-4-10)21(18,19)20-12-7-11-8-15(17)14(9-12)16(11)2;;/h2*3-6,11-12,14-15,17H,7-9H2,1-2H3;2*1H/t2*11-,12-,14+,15-;;/m00../s1. The number of rotatable bonds is 6. The van der Waals surface area contributed by atoms with Crippen molar-refractivity contribution in [3.8, 4) is 0 Å². The van der Waals surface area contributed by atoms with Gasteiger partial charge in [0.1, 0.15) is 24.3 Å². The van der Waals surface area contributed by atoms with Gasteiger partial charge in [-0.2, -0.15) is 16.8 Å². The Morgan fingerprint density at radius 3 is 1.20 bits per heavy atom. The van der Waals surface area contributed by atoms with Gasteiger partial charge in [0, 0.05) is 38.5 Å². The summed E-state index contributed by atoms with van der Waals surface area (Å²) in [5.41, 5.74) is 2.02. The second kappa shape index (κ2) is 14.6. The fourth-order valence-electron chi connectivity index (χ4n) is 7.18. The molecule has 4 aliphatic heterocycles. The van der Waals surface area contributed by atoms with Crippen molar-refractivity contribution in [1.82, 2.24) is 0 Å². The third kappa shape index (κ3) is 8.14. The lowest BCUT2D eigenvalue weighted by molar-refractivity contribution is -0.925. The van der Waals surface area contributed by atoms with E-state index in [1.165, 1.54) is 9.80 Å². The van der Waals surface area contributed by atoms with Crippen LogP contribution in [0.25, 0.3) is 0 Å². The fourth-order valence-corrected chi connectivity index (χ4v) is 9.37. The van der Waals surface area contributed by atoms with Crippen LogP contribution < -0.4 is 34.6 Å². The first kappa shape index (κ1) is 37.1. The summed E-state index contributed by atoms with van der Waals surface area (Å²) >= 11 is 0. The molecule has 0 spiro atoms. The molecule has 0 aromatic heterocycles. The molecule has 2 unspecified atom stereocenters. The highest BCUT2D eigenvalue weighted by Crippen LogP contribution is 2.29. The van der Waals surface area contributed by atoms with Gasteiger partial charge in [-0.05, 0) is 38.1 Å². The summed E-state index contributed by atoms with van der Waals surface area (Å²) in [6.45, 7) is 3.83. The number of aryl methyl sites for hydroxylation is 2. The number of piperidine rings is 2. The van der Waals surface area contributed by atoms with Gasteiger partial charge in [0.15, 0.2) is 0 Å². The third-order valence-electron chi connectivity index (χ3n) is 9.71. The highest BCUT2D eigenvalue weighted by atomic mass is 35.5. The Hall–Kier alpha value is -1.32. The molecule has 10 atom stereocenters. The summed E-state index contributed by atoms with van der Waals surface area (Å²) in [5.74, 6) is 0. The van der Waals surface area contributed by atoms with Crippen molar-refractivity contribution in [2.45, 2.75) is 111 Å². The lowest BCUT2D eigenvalue weighted by Gasteiger charge is -2.33. The van der Waals surface area contributed by atoms with Crippen molar-refractivity contribution in [1.29, 1.82) is 0 Å². The van der Waals surface area contributed by atoms with E-state index in [1.807, 2.05) is 13.8 Å². The molecule has 10 nitrogen and oxygen atoms in total. The Balaban J connectivity index is 0.000000230. The summed E-state index contributed by atoms with van der Waals surface area (Å²) < 4.78 is 60.1. The van der Waals surface area contributed by atoms with Gasteiger partial charge >= 0.3 is 0 Å². The molecule has 2 aromatic rings. The first-order valence-corrected chi connectivity index (χ1v) is 17.6. The number of hydrogen-bond donors (Lipinski definition) is 4. The third-order valence-corrected chi connectivity index (χ3v) is 12.5. The van der Waals surface area contributed by atoms with Crippen LogP contribution in [-0.4, -0.2) is 89.7 Å². The molecule has 4 bridgehead atoms. The van der Waals surface area contributed by atoms with Crippen molar-refractivity contribution < 1.29 is 70.0 Å². The highest BCUT2D eigenvalue weighted by Gasteiger charge is 2.50. The minimum atomic E-state index is -3.72. The van der Waals surface area contributed by atoms with Crippen molar-refractivity contribution in [3.63, 3.8) is 0 Å². The predicted octanol–water partition coefficient (Wildman–Crippen LogP) is -6.23. The molecule has 6 rings (SSSR count). The number of likely N-dealkylation sites (N-methyl/N-ethyl adjacent to an activating group) is 2. The minimum Gasteiger partial charge on any atom is -1.00 e. The quantitative estimate of drug-likeness (QED) is 0.220. The van der Waals surface area contributed by atoms with Crippen LogP contribution in [0.2, 0.25) is 0 Å². The topological polar surface area (TPSA) is 136 Å². The minimum absolute atomic E-state index is 0. The van der Waals surface area contributed by atoms with E-state index in [0.29, 0.717) is 25.7 Å². The Morgan fingerprint density at radius 2 is 0.909 bits per heavy atom. The van der Waals surface area contributed by atoms with E-state index in [1.54, 1.807) is 48.5 Å². The Kier molecular flexibility index (Phi) is 12.3. The average Bonchev–Trinajstić information content (AvgIpc) is 3.16. The average molecular weight is 696 g/mol. The van der Waals surface area contributed by atoms with Crippen LogP contribution in [0.4, 0.5) is 0 Å². The summed E-state index contributed by atoms with van der Waals surface area (Å²) in [4.78, 5) is 3.00. The van der Waals surface area contributed by atoms with Crippen molar-refractivity contribution >= 4 is 20.2 Å². The van der Waals surface area contributed by atoms with Gasteiger partial charge in [0.25, 0.3) is 20.2 Å². The Labute approximate surface area is 273 Å². The van der Waals surface area contributed by atoms with Gasteiger partial charge < -0.3 is 44.8 Å². The number of fused-ring (bicyclic) bond motifs is 4. The molecule has 0 saturated carbocycles. The second-order valence-corrected chi connectivity index (χ2v) is 15.8. The molecule has 4 saturated heterocycles. The van der Waals surface area contributed by atoms with Gasteiger partial charge in [-0.1, -0.05) is 35.4 Å². The zero-order valence-corrected chi connectivity index (χ0v) is 28.5. The summed E-state index contributed by atoms with van der Waals surface area (Å²) in [6.07, 6.45) is 2.69. The van der Waals surface area contributed by atoms with Crippen molar-refractivity contribution in [2.24, 2.45) is 0 Å². The molecule has 4 aliphatic rings. The van der Waals surface area contributed by atoms with Crippen LogP contribution >= 0.6 is 0 Å². The number of aliphatic hydroxyl groups excluding tert-OH is 2. The van der Waals surface area contributed by atoms with E-state index in [-0.39, 0.29) is 83.2 Å². The molecule has 4 N–H and O–H groups in total. The van der Waals surface area contributed by atoms with E-state index in [9.17, 15) is 27.0 Å². The van der Waals surface area contributed by atoms with Gasteiger partial charge in [0.05, 0.1) is 48.2 Å². The molecule has 2 aromatic carbocycles. The van der Waals surface area contributed by atoms with Gasteiger partial charge in [-0.3, -0.25) is 8.37 Å². The number of hydrogen-bond acceptors (Lipinski definition) is 8. The molecule has 0 aliphatic carbocycles. The molecule has 44 heavy (non-hydrogen) atoms. The number of benzene rings is 2. The molecule has 14 heteroatoms. The molecule has 248 valence electrons. The van der Waals surface area contributed by atoms with E-state index >= 15 is 0 Å². The summed E-state index contributed by atoms with van der Waals surface area (Å²) in [5, 5.41) is 20.0.